The number of likely N-dealkylation sites (tertiary alicyclic amines) is 1. The Labute approximate surface area is 398 Å². The average molecular weight is 928 g/mol. The molecule has 1 aromatic carbocycles. The van der Waals surface area contributed by atoms with E-state index < -0.39 is 8.53 Å². The van der Waals surface area contributed by atoms with Crippen molar-refractivity contribution in [2.75, 3.05) is 26.4 Å². The number of hydrogen-bond acceptors (Lipinski definition) is 9. The van der Waals surface area contributed by atoms with Crippen LogP contribution in [0.2, 0.25) is 0 Å². The summed E-state index contributed by atoms with van der Waals surface area (Å²) in [6.45, 7) is 30.3. The fraction of sp³-hybridized carbons (Fsp3) is 0.833. The zero-order valence-corrected chi connectivity index (χ0v) is 44.6. The highest BCUT2D eigenvalue weighted by molar-refractivity contribution is 7.44. The second kappa shape index (κ2) is 29.4. The molecule has 0 aliphatic carbocycles. The third-order valence-corrected chi connectivity index (χ3v) is 16.2. The molecule has 3 rings (SSSR count). The van der Waals surface area contributed by atoms with Gasteiger partial charge in [-0.3, -0.25) is 9.59 Å². The Bertz CT molecular complexity index is 1610. The number of esters is 1. The molecule has 0 aromatic heterocycles. The van der Waals surface area contributed by atoms with Gasteiger partial charge in [-0.15, -0.1) is 0 Å². The first-order valence-electron chi connectivity index (χ1n) is 26.1. The Morgan fingerprint density at radius 1 is 0.831 bits per heavy atom. The summed E-state index contributed by atoms with van der Waals surface area (Å²) < 4.78 is 33.7. The lowest BCUT2D eigenvalue weighted by molar-refractivity contribution is -0.144. The molecule has 65 heavy (non-hydrogen) atoms. The van der Waals surface area contributed by atoms with E-state index in [0.29, 0.717) is 39.0 Å². The zero-order chi connectivity index (χ0) is 48.1. The monoisotopic (exact) mass is 928 g/mol. The molecule has 0 bridgehead atoms. The molecule has 1 fully saturated rings. The average Bonchev–Trinajstić information content (AvgIpc) is 3.66. The highest BCUT2D eigenvalue weighted by Crippen LogP contribution is 2.49. The highest BCUT2D eigenvalue weighted by atomic mass is 31.2. The normalized spacial score (nSPS) is 20.0. The SMILES string of the molecule is CC[C@@H]1C[C@@H](OP(OCCC#N)N(C(C)C)C(C)C)CN1C(=O)CCCCCCC(=O)OCCOc1c(C)c(C)c2c(c1C)CC[C@@](C)(CCC[C@H](C)CCC[C@H](C)CCCC(C)C)O2. The second-order valence-corrected chi connectivity index (χ2v) is 22.4. The molecule has 0 N–H and O–H groups in total. The number of fused-ring (bicyclic) bond motifs is 1. The van der Waals surface area contributed by atoms with Crippen LogP contribution in [0.25, 0.3) is 0 Å². The maximum atomic E-state index is 13.4. The molecule has 372 valence electrons. The summed E-state index contributed by atoms with van der Waals surface area (Å²) in [6, 6.07) is 2.76. The van der Waals surface area contributed by atoms with Gasteiger partial charge in [0.15, 0.2) is 0 Å². The van der Waals surface area contributed by atoms with Gasteiger partial charge in [0.05, 0.1) is 25.2 Å². The maximum absolute atomic E-state index is 13.4. The van der Waals surface area contributed by atoms with Gasteiger partial charge in [0.2, 0.25) is 5.91 Å². The standard InChI is InChI=1S/C54H94N3O7P/c1-14-47-37-48(64-65(62-34-22-33-55)57(40(4)5)41(6)7)38-56(47)50(58)28-17-15-16-18-29-51(59)60-35-36-61-52-44(10)45(11)53-49(46(52)12)30-32-54(13,63-53)31-21-27-43(9)26-20-25-42(8)24-19-23-39(2)3/h39-43,47-48H,14-32,34-38H2,1-13H3/t42-,43-,47-,48-,54-,65?/m1/s1. The van der Waals surface area contributed by atoms with Crippen molar-refractivity contribution in [1.29, 1.82) is 5.26 Å². The number of nitrogens with zero attached hydrogens (tertiary/aromatic N) is 3. The first kappa shape index (κ1) is 56.9. The molecule has 2 aliphatic rings. The van der Waals surface area contributed by atoms with Crippen molar-refractivity contribution >= 4 is 20.4 Å². The molecular formula is C54H94N3O7P. The van der Waals surface area contributed by atoms with Gasteiger partial charge in [0.25, 0.3) is 8.53 Å². The minimum atomic E-state index is -1.35. The molecular weight excluding hydrogens is 834 g/mol. The van der Waals surface area contributed by atoms with Gasteiger partial charge in [-0.2, -0.15) is 5.26 Å². The van der Waals surface area contributed by atoms with Crippen molar-refractivity contribution in [3.05, 3.63) is 22.3 Å². The third-order valence-electron chi connectivity index (χ3n) is 14.0. The zero-order valence-electron chi connectivity index (χ0n) is 43.7. The van der Waals surface area contributed by atoms with Crippen LogP contribution in [0.15, 0.2) is 0 Å². The fourth-order valence-corrected chi connectivity index (χ4v) is 11.7. The summed E-state index contributed by atoms with van der Waals surface area (Å²) in [7, 11) is -1.35. The molecule has 10 nitrogen and oxygen atoms in total. The van der Waals surface area contributed by atoms with E-state index in [1.54, 1.807) is 0 Å². The quantitative estimate of drug-likeness (QED) is 0.0396. The van der Waals surface area contributed by atoms with E-state index in [1.807, 2.05) is 4.90 Å². The summed E-state index contributed by atoms with van der Waals surface area (Å²) >= 11 is 0. The molecule has 0 spiro atoms. The molecule has 2 aliphatic heterocycles. The van der Waals surface area contributed by atoms with Crippen molar-refractivity contribution in [2.45, 2.75) is 248 Å². The number of carbonyl (C=O) groups excluding carboxylic acids is 2. The maximum Gasteiger partial charge on any atom is 0.305 e. The molecule has 6 atom stereocenters. The first-order valence-corrected chi connectivity index (χ1v) is 27.2. The molecule has 0 radical (unpaired) electrons. The van der Waals surface area contributed by atoms with Gasteiger partial charge < -0.3 is 28.2 Å². The molecule has 2 heterocycles. The summed E-state index contributed by atoms with van der Waals surface area (Å²) in [5.41, 5.74) is 4.48. The summed E-state index contributed by atoms with van der Waals surface area (Å²) in [6.07, 6.45) is 19.7. The Hall–Kier alpha value is -2.44. The molecule has 1 saturated heterocycles. The molecule has 1 aromatic rings. The van der Waals surface area contributed by atoms with Crippen LogP contribution in [0.3, 0.4) is 0 Å². The summed E-state index contributed by atoms with van der Waals surface area (Å²) in [4.78, 5) is 28.0. The van der Waals surface area contributed by atoms with Crippen LogP contribution in [0.5, 0.6) is 11.5 Å². The lowest BCUT2D eigenvalue weighted by Crippen LogP contribution is -2.37. The topological polar surface area (TPSA) is 111 Å². The number of carbonyl (C=O) groups is 2. The minimum absolute atomic E-state index is 0.0954. The number of benzene rings is 1. The van der Waals surface area contributed by atoms with Gasteiger partial charge in [-0.25, -0.2) is 4.67 Å². The van der Waals surface area contributed by atoms with Crippen LogP contribution in [0.4, 0.5) is 0 Å². The largest absolute Gasteiger partial charge is 0.489 e. The first-order chi connectivity index (χ1) is 30.9. The van der Waals surface area contributed by atoms with Gasteiger partial charge in [0, 0.05) is 43.1 Å². The number of hydrogen-bond donors (Lipinski definition) is 0. The third kappa shape index (κ3) is 19.2. The van der Waals surface area contributed by atoms with Gasteiger partial charge in [-0.1, -0.05) is 92.4 Å². The smallest absolute Gasteiger partial charge is 0.305 e. The molecule has 0 saturated carbocycles. The lowest BCUT2D eigenvalue weighted by Gasteiger charge is -2.38. The van der Waals surface area contributed by atoms with Crippen LogP contribution in [0, 0.1) is 49.9 Å². The van der Waals surface area contributed by atoms with E-state index in [0.717, 1.165) is 104 Å². The van der Waals surface area contributed by atoms with Crippen LogP contribution in [0.1, 0.15) is 213 Å². The summed E-state index contributed by atoms with van der Waals surface area (Å²) in [5.74, 6) is 4.32. The predicted molar refractivity (Wildman–Crippen MR) is 267 cm³/mol. The number of ether oxygens (including phenoxy) is 3. The minimum Gasteiger partial charge on any atom is -0.489 e. The van der Waals surface area contributed by atoms with Crippen molar-refractivity contribution in [3.8, 4) is 17.6 Å². The van der Waals surface area contributed by atoms with E-state index in [1.165, 1.54) is 56.9 Å². The number of nitriles is 1. The Morgan fingerprint density at radius 3 is 2.08 bits per heavy atom. The summed E-state index contributed by atoms with van der Waals surface area (Å²) in [5, 5.41) is 9.06. The van der Waals surface area contributed by atoms with E-state index in [2.05, 4.69) is 101 Å². The van der Waals surface area contributed by atoms with Crippen molar-refractivity contribution in [3.63, 3.8) is 0 Å². The second-order valence-electron chi connectivity index (χ2n) is 21.0. The van der Waals surface area contributed by atoms with Crippen LogP contribution in [-0.4, -0.2) is 77.6 Å². The molecule has 11 heteroatoms. The van der Waals surface area contributed by atoms with Crippen molar-refractivity contribution in [1.82, 2.24) is 9.57 Å². The lowest BCUT2D eigenvalue weighted by atomic mass is 9.83. The highest BCUT2D eigenvalue weighted by Gasteiger charge is 2.39. The van der Waals surface area contributed by atoms with Crippen LogP contribution in [-0.2, 0) is 29.8 Å². The Kier molecular flexibility index (Phi) is 25.8. The number of unbranched alkanes of at least 4 members (excludes halogenated alkanes) is 3. The number of rotatable bonds is 32. The van der Waals surface area contributed by atoms with E-state index >= 15 is 0 Å². The number of amides is 1. The van der Waals surface area contributed by atoms with Crippen molar-refractivity contribution in [2.24, 2.45) is 17.8 Å². The van der Waals surface area contributed by atoms with Gasteiger partial charge in [-0.05, 0) is 141 Å². The van der Waals surface area contributed by atoms with Gasteiger partial charge in [0.1, 0.15) is 30.3 Å². The fourth-order valence-electron chi connectivity index (χ4n) is 9.96. The predicted octanol–water partition coefficient (Wildman–Crippen LogP) is 14.1. The Morgan fingerprint density at radius 2 is 1.46 bits per heavy atom. The van der Waals surface area contributed by atoms with Gasteiger partial charge >= 0.3 is 5.97 Å². The van der Waals surface area contributed by atoms with Crippen LogP contribution < -0.4 is 9.47 Å². The molecule has 1 unspecified atom stereocenters. The van der Waals surface area contributed by atoms with Crippen LogP contribution >= 0.6 is 8.53 Å². The van der Waals surface area contributed by atoms with E-state index in [-0.39, 0.29) is 48.3 Å². The van der Waals surface area contributed by atoms with Crippen molar-refractivity contribution < 1.29 is 32.8 Å². The van der Waals surface area contributed by atoms with E-state index in [4.69, 9.17) is 28.5 Å². The molecule has 1 amide bonds. The Balaban J connectivity index is 1.34. The van der Waals surface area contributed by atoms with E-state index in [9.17, 15) is 9.59 Å².